The third kappa shape index (κ3) is 1.98. The Labute approximate surface area is 110 Å². The second kappa shape index (κ2) is 4.83. The van der Waals surface area contributed by atoms with Crippen LogP contribution in [0.4, 0.5) is 11.4 Å². The van der Waals surface area contributed by atoms with Crippen LogP contribution in [0.15, 0.2) is 18.2 Å². The first kappa shape index (κ1) is 11.9. The van der Waals surface area contributed by atoms with Gasteiger partial charge < -0.3 is 10.6 Å². The summed E-state index contributed by atoms with van der Waals surface area (Å²) in [5, 5.41) is 0. The van der Waals surface area contributed by atoms with Crippen molar-refractivity contribution in [3.63, 3.8) is 0 Å². The average Bonchev–Trinajstić information content (AvgIpc) is 2.39. The summed E-state index contributed by atoms with van der Waals surface area (Å²) in [4.78, 5) is 2.62. The van der Waals surface area contributed by atoms with E-state index in [4.69, 9.17) is 5.73 Å². The highest BCUT2D eigenvalue weighted by Gasteiger charge is 2.34. The van der Waals surface area contributed by atoms with Crippen LogP contribution in [-0.4, -0.2) is 12.6 Å². The van der Waals surface area contributed by atoms with Gasteiger partial charge in [0.15, 0.2) is 0 Å². The van der Waals surface area contributed by atoms with Gasteiger partial charge in [0.1, 0.15) is 0 Å². The Bertz CT molecular complexity index is 405. The van der Waals surface area contributed by atoms with Crippen LogP contribution in [-0.2, 0) is 0 Å². The Morgan fingerprint density at radius 1 is 1.11 bits per heavy atom. The molecular weight excluding hydrogens is 220 g/mol. The van der Waals surface area contributed by atoms with Crippen molar-refractivity contribution in [2.75, 3.05) is 17.2 Å². The van der Waals surface area contributed by atoms with E-state index in [-0.39, 0.29) is 0 Å². The summed E-state index contributed by atoms with van der Waals surface area (Å²) in [6, 6.07) is 7.06. The van der Waals surface area contributed by atoms with Crippen LogP contribution in [0.3, 0.4) is 0 Å². The van der Waals surface area contributed by atoms with E-state index < -0.39 is 0 Å². The van der Waals surface area contributed by atoms with Gasteiger partial charge in [0, 0.05) is 12.6 Å². The Hall–Kier alpha value is -1.18. The molecule has 1 aromatic rings. The molecule has 1 aliphatic carbocycles. The Morgan fingerprint density at radius 3 is 2.72 bits per heavy atom. The quantitative estimate of drug-likeness (QED) is 0.763. The van der Waals surface area contributed by atoms with Gasteiger partial charge in [-0.3, -0.25) is 0 Å². The number of piperidine rings is 1. The van der Waals surface area contributed by atoms with Crippen molar-refractivity contribution in [1.29, 1.82) is 0 Å². The number of anilines is 2. The first-order valence-corrected chi connectivity index (χ1v) is 7.39. The number of fused-ring (bicyclic) bond motifs is 1. The molecule has 2 fully saturated rings. The van der Waals surface area contributed by atoms with Crippen molar-refractivity contribution in [2.45, 2.75) is 51.5 Å². The van der Waals surface area contributed by atoms with E-state index in [1.807, 2.05) is 0 Å². The highest BCUT2D eigenvalue weighted by molar-refractivity contribution is 5.72. The Balaban J connectivity index is 1.94. The lowest BCUT2D eigenvalue weighted by Crippen LogP contribution is -2.47. The van der Waals surface area contributed by atoms with Crippen LogP contribution in [0, 0.1) is 12.8 Å². The zero-order valence-electron chi connectivity index (χ0n) is 11.4. The van der Waals surface area contributed by atoms with Gasteiger partial charge in [0.25, 0.3) is 0 Å². The number of rotatable bonds is 1. The summed E-state index contributed by atoms with van der Waals surface area (Å²) in [6.45, 7) is 3.38. The summed E-state index contributed by atoms with van der Waals surface area (Å²) in [5.41, 5.74) is 9.84. The molecule has 2 N–H and O–H groups in total. The van der Waals surface area contributed by atoms with Crippen LogP contribution < -0.4 is 10.6 Å². The molecule has 2 heteroatoms. The summed E-state index contributed by atoms with van der Waals surface area (Å²) < 4.78 is 0. The van der Waals surface area contributed by atoms with E-state index in [0.29, 0.717) is 0 Å². The van der Waals surface area contributed by atoms with Crippen molar-refractivity contribution in [3.05, 3.63) is 23.8 Å². The topological polar surface area (TPSA) is 29.3 Å². The van der Waals surface area contributed by atoms with E-state index in [0.717, 1.165) is 17.6 Å². The number of nitrogen functional groups attached to an aromatic ring is 1. The molecule has 2 atom stereocenters. The van der Waals surface area contributed by atoms with Crippen LogP contribution in [0.1, 0.15) is 44.1 Å². The molecule has 3 rings (SSSR count). The standard InChI is InChI=1S/C16H24N2/c1-12-6-4-9-14(17)16(12)18-11-5-8-13-7-2-3-10-15(13)18/h4,6,9,13,15H,2-3,5,7-8,10-11,17H2,1H3. The summed E-state index contributed by atoms with van der Waals surface area (Å²) in [7, 11) is 0. The number of nitrogens with two attached hydrogens (primary N) is 1. The molecule has 0 bridgehead atoms. The molecule has 2 unspecified atom stereocenters. The van der Waals surface area contributed by atoms with Gasteiger partial charge in [0.2, 0.25) is 0 Å². The number of hydrogen-bond donors (Lipinski definition) is 1. The Kier molecular flexibility index (Phi) is 3.19. The minimum Gasteiger partial charge on any atom is -0.397 e. The van der Waals surface area contributed by atoms with Crippen LogP contribution in [0.5, 0.6) is 0 Å². The normalized spacial score (nSPS) is 27.9. The fourth-order valence-electron chi connectivity index (χ4n) is 3.98. The zero-order chi connectivity index (χ0) is 12.5. The number of aryl methyl sites for hydroxylation is 1. The zero-order valence-corrected chi connectivity index (χ0v) is 11.4. The lowest BCUT2D eigenvalue weighted by Gasteiger charge is -2.46. The third-order valence-electron chi connectivity index (χ3n) is 4.80. The fourth-order valence-corrected chi connectivity index (χ4v) is 3.98. The van der Waals surface area contributed by atoms with Gasteiger partial charge in [-0.1, -0.05) is 25.0 Å². The van der Waals surface area contributed by atoms with Gasteiger partial charge >= 0.3 is 0 Å². The number of para-hydroxylation sites is 1. The van der Waals surface area contributed by atoms with E-state index in [1.54, 1.807) is 0 Å². The first-order valence-electron chi connectivity index (χ1n) is 7.39. The SMILES string of the molecule is Cc1cccc(N)c1N1CCCC2CCCCC21. The van der Waals surface area contributed by atoms with E-state index >= 15 is 0 Å². The minimum absolute atomic E-state index is 0.746. The van der Waals surface area contributed by atoms with Crippen molar-refractivity contribution < 1.29 is 0 Å². The van der Waals surface area contributed by atoms with Crippen LogP contribution in [0.25, 0.3) is 0 Å². The highest BCUT2D eigenvalue weighted by atomic mass is 15.2. The monoisotopic (exact) mass is 244 g/mol. The smallest absolute Gasteiger partial charge is 0.0632 e. The van der Waals surface area contributed by atoms with Gasteiger partial charge in [-0.15, -0.1) is 0 Å². The molecule has 18 heavy (non-hydrogen) atoms. The summed E-state index contributed by atoms with van der Waals surface area (Å²) in [6.07, 6.45) is 8.36. The molecule has 0 radical (unpaired) electrons. The van der Waals surface area contributed by atoms with Gasteiger partial charge in [-0.2, -0.15) is 0 Å². The maximum Gasteiger partial charge on any atom is 0.0632 e. The number of hydrogen-bond acceptors (Lipinski definition) is 2. The molecular formula is C16H24N2. The van der Waals surface area contributed by atoms with Gasteiger partial charge in [-0.05, 0) is 50.2 Å². The molecule has 2 aliphatic rings. The van der Waals surface area contributed by atoms with Gasteiger partial charge in [-0.25, -0.2) is 0 Å². The van der Waals surface area contributed by atoms with Crippen molar-refractivity contribution >= 4 is 11.4 Å². The molecule has 1 heterocycles. The number of benzene rings is 1. The summed E-state index contributed by atoms with van der Waals surface area (Å²) in [5.74, 6) is 0.909. The van der Waals surface area contributed by atoms with Crippen LogP contribution >= 0.6 is 0 Å². The molecule has 1 aliphatic heterocycles. The molecule has 0 aromatic heterocycles. The maximum absolute atomic E-state index is 6.23. The number of nitrogens with zero attached hydrogens (tertiary/aromatic N) is 1. The molecule has 2 nitrogen and oxygen atoms in total. The molecule has 1 saturated carbocycles. The third-order valence-corrected chi connectivity index (χ3v) is 4.80. The first-order chi connectivity index (χ1) is 8.77. The van der Waals surface area contributed by atoms with E-state index in [9.17, 15) is 0 Å². The largest absolute Gasteiger partial charge is 0.397 e. The lowest BCUT2D eigenvalue weighted by molar-refractivity contribution is 0.244. The van der Waals surface area contributed by atoms with Crippen molar-refractivity contribution in [1.82, 2.24) is 0 Å². The lowest BCUT2D eigenvalue weighted by atomic mass is 9.78. The van der Waals surface area contributed by atoms with Gasteiger partial charge in [0.05, 0.1) is 11.4 Å². The second-order valence-corrected chi connectivity index (χ2v) is 5.96. The molecule has 0 spiro atoms. The fraction of sp³-hybridized carbons (Fsp3) is 0.625. The minimum atomic E-state index is 0.746. The molecule has 0 amide bonds. The van der Waals surface area contributed by atoms with Crippen molar-refractivity contribution in [2.24, 2.45) is 5.92 Å². The summed E-state index contributed by atoms with van der Waals surface area (Å²) >= 11 is 0. The average molecular weight is 244 g/mol. The molecule has 1 saturated heterocycles. The molecule has 1 aromatic carbocycles. The maximum atomic E-state index is 6.23. The second-order valence-electron chi connectivity index (χ2n) is 5.96. The molecule has 98 valence electrons. The predicted octanol–water partition coefficient (Wildman–Crippen LogP) is 3.74. The highest BCUT2D eigenvalue weighted by Crippen LogP contribution is 2.40. The Morgan fingerprint density at radius 2 is 1.89 bits per heavy atom. The van der Waals surface area contributed by atoms with Crippen molar-refractivity contribution in [3.8, 4) is 0 Å². The van der Waals surface area contributed by atoms with E-state index in [2.05, 4.69) is 30.0 Å². The predicted molar refractivity (Wildman–Crippen MR) is 77.9 cm³/mol. The van der Waals surface area contributed by atoms with Crippen LogP contribution in [0.2, 0.25) is 0 Å². The van der Waals surface area contributed by atoms with E-state index in [1.165, 1.54) is 56.3 Å².